The van der Waals surface area contributed by atoms with Crippen LogP contribution in [0.3, 0.4) is 0 Å². The molecule has 0 spiro atoms. The van der Waals surface area contributed by atoms with E-state index in [0.717, 1.165) is 0 Å². The highest BCUT2D eigenvalue weighted by Crippen LogP contribution is 2.32. The minimum absolute atomic E-state index is 0.0406. The normalized spacial score (nSPS) is 11.3. The molecule has 0 saturated heterocycles. The fourth-order valence-corrected chi connectivity index (χ4v) is 3.82. The molecule has 2 aromatic heterocycles. The van der Waals surface area contributed by atoms with Crippen LogP contribution < -0.4 is 5.32 Å². The van der Waals surface area contributed by atoms with E-state index >= 15 is 0 Å². The second-order valence-corrected chi connectivity index (χ2v) is 8.17. The molecule has 28 heavy (non-hydrogen) atoms. The van der Waals surface area contributed by atoms with Crippen LogP contribution in [0.15, 0.2) is 23.1 Å². The second kappa shape index (κ2) is 8.42. The topological polar surface area (TPSA) is 112 Å². The lowest BCUT2D eigenvalue weighted by Gasteiger charge is -2.08. The van der Waals surface area contributed by atoms with Gasteiger partial charge in [0.15, 0.2) is 11.5 Å². The molecule has 3 N–H and O–H groups in total. The highest BCUT2D eigenvalue weighted by molar-refractivity contribution is 7.99. The van der Waals surface area contributed by atoms with Gasteiger partial charge in [-0.2, -0.15) is 0 Å². The molecule has 1 amide bonds. The average Bonchev–Trinajstić information content (AvgIpc) is 3.16. The number of halogens is 2. The number of aromatic amines is 1. The van der Waals surface area contributed by atoms with E-state index in [0.29, 0.717) is 43.4 Å². The van der Waals surface area contributed by atoms with Gasteiger partial charge in [-0.3, -0.25) is 14.7 Å². The van der Waals surface area contributed by atoms with Crippen LogP contribution in [0, 0.1) is 0 Å². The zero-order chi connectivity index (χ0) is 20.4. The lowest BCUT2D eigenvalue weighted by molar-refractivity contribution is -0.136. The third kappa shape index (κ3) is 4.26. The predicted molar refractivity (Wildman–Crippen MR) is 108 cm³/mol. The Morgan fingerprint density at radius 1 is 1.29 bits per heavy atom. The van der Waals surface area contributed by atoms with Gasteiger partial charge < -0.3 is 10.4 Å². The van der Waals surface area contributed by atoms with Crippen molar-refractivity contribution in [2.24, 2.45) is 0 Å². The van der Waals surface area contributed by atoms with Gasteiger partial charge in [-0.25, -0.2) is 4.52 Å². The van der Waals surface area contributed by atoms with Gasteiger partial charge in [0.25, 0.3) is 5.91 Å². The molecule has 0 saturated carbocycles. The molecule has 0 fully saturated rings. The Kier molecular flexibility index (Phi) is 6.17. The number of carbonyl (C=O) groups is 2. The van der Waals surface area contributed by atoms with Crippen molar-refractivity contribution in [1.82, 2.24) is 25.1 Å². The molecule has 0 aliphatic carbocycles. The van der Waals surface area contributed by atoms with Crippen molar-refractivity contribution in [2.45, 2.75) is 31.2 Å². The molecular weight excluding hydrogens is 425 g/mol. The molecular formula is C17H17Cl2N5O3S. The summed E-state index contributed by atoms with van der Waals surface area (Å²) in [5.41, 5.74) is 1.40. The van der Waals surface area contributed by atoms with Gasteiger partial charge in [-0.1, -0.05) is 23.2 Å². The molecule has 0 aliphatic rings. The second-order valence-electron chi connectivity index (χ2n) is 6.25. The number of rotatable bonds is 7. The van der Waals surface area contributed by atoms with Crippen LogP contribution in [-0.2, 0) is 4.79 Å². The van der Waals surface area contributed by atoms with Gasteiger partial charge in [0.1, 0.15) is 5.69 Å². The molecule has 148 valence electrons. The molecule has 8 nitrogen and oxygen atoms in total. The van der Waals surface area contributed by atoms with E-state index in [4.69, 9.17) is 28.3 Å². The van der Waals surface area contributed by atoms with Gasteiger partial charge in [0, 0.05) is 17.4 Å². The van der Waals surface area contributed by atoms with E-state index in [1.54, 1.807) is 22.7 Å². The summed E-state index contributed by atoms with van der Waals surface area (Å²) < 4.78 is 1.58. The monoisotopic (exact) mass is 441 g/mol. The maximum atomic E-state index is 12.6. The van der Waals surface area contributed by atoms with Crippen molar-refractivity contribution in [3.8, 4) is 11.4 Å². The van der Waals surface area contributed by atoms with Crippen molar-refractivity contribution in [3.63, 3.8) is 0 Å². The molecule has 0 aliphatic heterocycles. The van der Waals surface area contributed by atoms with Crippen LogP contribution >= 0.6 is 35.0 Å². The zero-order valence-corrected chi connectivity index (χ0v) is 17.3. The first-order chi connectivity index (χ1) is 13.3. The Bertz CT molecular complexity index is 1050. The number of aromatic nitrogens is 4. The van der Waals surface area contributed by atoms with Gasteiger partial charge in [0.2, 0.25) is 0 Å². The Morgan fingerprint density at radius 2 is 2.04 bits per heavy atom. The Hall–Kier alpha value is -2.23. The first-order valence-electron chi connectivity index (χ1n) is 8.36. The zero-order valence-electron chi connectivity index (χ0n) is 15.0. The summed E-state index contributed by atoms with van der Waals surface area (Å²) in [5.74, 6) is -0.472. The van der Waals surface area contributed by atoms with Crippen LogP contribution in [0.25, 0.3) is 17.0 Å². The third-order valence-corrected chi connectivity index (χ3v) is 5.53. The van der Waals surface area contributed by atoms with Crippen molar-refractivity contribution >= 4 is 52.5 Å². The van der Waals surface area contributed by atoms with Crippen LogP contribution in [0.4, 0.5) is 0 Å². The van der Waals surface area contributed by atoms with E-state index in [-0.39, 0.29) is 18.4 Å². The first kappa shape index (κ1) is 20.5. The molecule has 3 aromatic rings. The van der Waals surface area contributed by atoms with E-state index in [1.165, 1.54) is 11.8 Å². The smallest absolute Gasteiger partial charge is 0.304 e. The SMILES string of the molecule is CC(C)NC(=O)c1[nH]n2c(-c3ccc(Cl)c(Cl)c3)nnc2c1SCCC(=O)O. The lowest BCUT2D eigenvalue weighted by Crippen LogP contribution is -2.30. The number of H-pyrrole nitrogens is 1. The van der Waals surface area contributed by atoms with E-state index < -0.39 is 5.97 Å². The highest BCUT2D eigenvalue weighted by Gasteiger charge is 2.23. The maximum Gasteiger partial charge on any atom is 0.304 e. The first-order valence-corrected chi connectivity index (χ1v) is 10.1. The summed E-state index contributed by atoms with van der Waals surface area (Å²) in [7, 11) is 0. The van der Waals surface area contributed by atoms with Crippen molar-refractivity contribution < 1.29 is 14.7 Å². The van der Waals surface area contributed by atoms with Crippen LogP contribution in [0.1, 0.15) is 30.8 Å². The largest absolute Gasteiger partial charge is 0.481 e. The van der Waals surface area contributed by atoms with E-state index in [9.17, 15) is 9.59 Å². The van der Waals surface area contributed by atoms with Crippen LogP contribution in [0.5, 0.6) is 0 Å². The number of carbonyl (C=O) groups excluding carboxylic acids is 1. The minimum atomic E-state index is -0.912. The fraction of sp³-hybridized carbons (Fsp3) is 0.294. The van der Waals surface area contributed by atoms with Crippen LogP contribution in [0.2, 0.25) is 10.0 Å². The Labute approximate surface area is 174 Å². The van der Waals surface area contributed by atoms with Gasteiger partial charge >= 0.3 is 5.97 Å². The summed E-state index contributed by atoms with van der Waals surface area (Å²) >= 11 is 13.3. The number of thioether (sulfide) groups is 1. The number of hydrogen-bond donors (Lipinski definition) is 3. The van der Waals surface area contributed by atoms with E-state index in [1.807, 2.05) is 13.8 Å². The molecule has 1 aromatic carbocycles. The molecule has 0 atom stereocenters. The van der Waals surface area contributed by atoms with Crippen molar-refractivity contribution in [3.05, 3.63) is 33.9 Å². The summed E-state index contributed by atoms with van der Waals surface area (Å²) in [6.45, 7) is 3.71. The number of carboxylic acid groups (broad SMARTS) is 1. The summed E-state index contributed by atoms with van der Waals surface area (Å²) in [5, 5.41) is 23.9. The number of amides is 1. The third-order valence-electron chi connectivity index (χ3n) is 3.70. The van der Waals surface area contributed by atoms with Gasteiger partial charge in [0.05, 0.1) is 21.4 Å². The number of hydrogen-bond acceptors (Lipinski definition) is 5. The summed E-state index contributed by atoms with van der Waals surface area (Å²) in [4.78, 5) is 24.0. The average molecular weight is 442 g/mol. The number of fused-ring (bicyclic) bond motifs is 1. The molecule has 3 rings (SSSR count). The number of carboxylic acids is 1. The van der Waals surface area contributed by atoms with Crippen molar-refractivity contribution in [2.75, 3.05) is 5.75 Å². The Balaban J connectivity index is 2.07. The minimum Gasteiger partial charge on any atom is -0.481 e. The molecule has 0 bridgehead atoms. The number of benzene rings is 1. The lowest BCUT2D eigenvalue weighted by atomic mass is 10.2. The Morgan fingerprint density at radius 3 is 2.68 bits per heavy atom. The standard InChI is InChI=1S/C17H17Cl2N5O3S/c1-8(2)20-17(27)13-14(28-6-5-12(25)26)16-22-21-15(24(16)23-13)9-3-4-10(18)11(19)7-9/h3-4,7-8,23H,5-6H2,1-2H3,(H,20,27)(H,25,26). The number of nitrogens with zero attached hydrogens (tertiary/aromatic N) is 3. The summed E-state index contributed by atoms with van der Waals surface area (Å²) in [6, 6.07) is 4.99. The van der Waals surface area contributed by atoms with Gasteiger partial charge in [-0.05, 0) is 32.0 Å². The summed E-state index contributed by atoms with van der Waals surface area (Å²) in [6.07, 6.45) is -0.0406. The quantitative estimate of drug-likeness (QED) is 0.481. The fourth-order valence-electron chi connectivity index (χ4n) is 2.50. The highest BCUT2D eigenvalue weighted by atomic mass is 35.5. The molecule has 2 heterocycles. The number of nitrogens with one attached hydrogen (secondary N) is 2. The van der Waals surface area contributed by atoms with Gasteiger partial charge in [-0.15, -0.1) is 22.0 Å². The maximum absolute atomic E-state index is 12.6. The number of aliphatic carboxylic acids is 1. The van der Waals surface area contributed by atoms with Crippen molar-refractivity contribution in [1.29, 1.82) is 0 Å². The molecule has 0 unspecified atom stereocenters. The predicted octanol–water partition coefficient (Wildman–Crippen LogP) is 3.74. The molecule has 0 radical (unpaired) electrons. The van der Waals surface area contributed by atoms with Crippen LogP contribution in [-0.4, -0.2) is 48.6 Å². The van der Waals surface area contributed by atoms with E-state index in [2.05, 4.69) is 20.6 Å². The molecule has 11 heteroatoms.